The van der Waals surface area contributed by atoms with Crippen LogP contribution in [0, 0.1) is 16.5 Å². The topological polar surface area (TPSA) is 114 Å². The van der Waals surface area contributed by atoms with Gasteiger partial charge in [0.25, 0.3) is 6.29 Å². The van der Waals surface area contributed by atoms with Crippen molar-refractivity contribution < 1.29 is 29.2 Å². The number of aliphatic carboxylic acids is 1. The summed E-state index contributed by atoms with van der Waals surface area (Å²) >= 11 is 0. The lowest BCUT2D eigenvalue weighted by Crippen LogP contribution is -2.53. The number of esters is 1. The van der Waals surface area contributed by atoms with Gasteiger partial charge in [-0.05, 0) is 20.8 Å². The summed E-state index contributed by atoms with van der Waals surface area (Å²) in [5.74, 6) is -2.01. The highest BCUT2D eigenvalue weighted by molar-refractivity contribution is 5.75. The van der Waals surface area contributed by atoms with Gasteiger partial charge in [0.2, 0.25) is 5.28 Å². The van der Waals surface area contributed by atoms with Crippen molar-refractivity contribution in [2.75, 3.05) is 13.1 Å². The number of rotatable bonds is 5. The minimum absolute atomic E-state index is 0.0713. The van der Waals surface area contributed by atoms with Crippen LogP contribution in [0.15, 0.2) is 5.28 Å². The maximum Gasteiger partial charge on any atom is 0.314 e. The molecule has 0 bridgehead atoms. The molecule has 9 nitrogen and oxygen atoms in total. The molecule has 1 N–H and O–H groups in total. The van der Waals surface area contributed by atoms with Crippen molar-refractivity contribution in [2.45, 2.75) is 34.0 Å². The van der Waals surface area contributed by atoms with Crippen LogP contribution in [0.1, 0.15) is 27.7 Å². The van der Waals surface area contributed by atoms with E-state index in [0.29, 0.717) is 0 Å². The molecule has 1 fully saturated rings. The quantitative estimate of drug-likeness (QED) is 0.261. The third kappa shape index (κ3) is 4.25. The van der Waals surface area contributed by atoms with Gasteiger partial charge >= 0.3 is 11.9 Å². The second-order valence-electron chi connectivity index (χ2n) is 5.57. The summed E-state index contributed by atoms with van der Waals surface area (Å²) in [6.45, 7) is 6.63. The van der Waals surface area contributed by atoms with Crippen LogP contribution in [-0.2, 0) is 19.2 Å². The smallest absolute Gasteiger partial charge is 0.314 e. The number of nitrogens with zero attached hydrogens (tertiary/aromatic N) is 3. The van der Waals surface area contributed by atoms with Crippen LogP contribution < -0.4 is 0 Å². The molecule has 9 heteroatoms. The average molecular weight is 289 g/mol. The van der Waals surface area contributed by atoms with Crippen molar-refractivity contribution in [3.8, 4) is 0 Å². The molecule has 0 aromatic carbocycles. The van der Waals surface area contributed by atoms with E-state index >= 15 is 0 Å². The fraction of sp³-hybridized carbons (Fsp3) is 0.818. The first-order valence-corrected chi connectivity index (χ1v) is 6.14. The molecule has 1 aliphatic heterocycles. The molecule has 114 valence electrons. The highest BCUT2D eigenvalue weighted by Crippen LogP contribution is 2.17. The summed E-state index contributed by atoms with van der Waals surface area (Å²) in [4.78, 5) is 27.0. The van der Waals surface area contributed by atoms with E-state index in [-0.39, 0.29) is 18.1 Å². The Bertz CT molecular complexity index is 411. The zero-order chi connectivity index (χ0) is 15.5. The average Bonchev–Trinajstić information content (AvgIpc) is 2.22. The Kier molecular flexibility index (Phi) is 4.74. The molecule has 0 aliphatic carbocycles. The van der Waals surface area contributed by atoms with Gasteiger partial charge in [0.05, 0.1) is 23.5 Å². The molecule has 20 heavy (non-hydrogen) atoms. The van der Waals surface area contributed by atoms with Gasteiger partial charge in [0.1, 0.15) is 5.92 Å². The Morgan fingerprint density at radius 2 is 2.00 bits per heavy atom. The summed E-state index contributed by atoms with van der Waals surface area (Å²) in [5.41, 5.74) is -0.680. The monoisotopic (exact) mass is 289 g/mol. The van der Waals surface area contributed by atoms with Crippen molar-refractivity contribution in [1.82, 2.24) is 5.01 Å². The number of hydrogen-bond donors (Lipinski definition) is 1. The molecule has 1 rings (SSSR count). The lowest BCUT2D eigenvalue weighted by Gasteiger charge is -2.31. The van der Waals surface area contributed by atoms with Crippen LogP contribution in [0.3, 0.4) is 0 Å². The first-order valence-electron chi connectivity index (χ1n) is 6.14. The van der Waals surface area contributed by atoms with Gasteiger partial charge < -0.3 is 15.1 Å². The van der Waals surface area contributed by atoms with Gasteiger partial charge in [-0.15, -0.1) is 5.01 Å². The molecule has 1 heterocycles. The zero-order valence-electron chi connectivity index (χ0n) is 11.9. The number of carboxylic acid groups (broad SMARTS) is 1. The molecule has 0 radical (unpaired) electrons. The van der Waals surface area contributed by atoms with Crippen molar-refractivity contribution in [1.29, 1.82) is 0 Å². The predicted octanol–water partition coefficient (Wildman–Crippen LogP) is 0.747. The number of ether oxygens (including phenoxy) is 1. The first-order chi connectivity index (χ1) is 9.11. The third-order valence-electron chi connectivity index (χ3n) is 2.60. The fourth-order valence-corrected chi connectivity index (χ4v) is 1.26. The zero-order valence-corrected chi connectivity index (χ0v) is 11.9. The molecular weight excluding hydrogens is 270 g/mol. The number of hydrazine groups is 1. The molecular formula is C11H19N3O6. The largest absolute Gasteiger partial charge is 0.569 e. The lowest BCUT2D eigenvalue weighted by atomic mass is 9.97. The van der Waals surface area contributed by atoms with E-state index in [1.54, 1.807) is 20.8 Å². The summed E-state index contributed by atoms with van der Waals surface area (Å²) in [7, 11) is 0. The van der Waals surface area contributed by atoms with E-state index in [9.17, 15) is 14.8 Å². The molecule has 0 aromatic rings. The molecule has 0 saturated carbocycles. The second kappa shape index (κ2) is 5.93. The number of hydrogen-bond acceptors (Lipinski definition) is 6. The van der Waals surface area contributed by atoms with Gasteiger partial charge in [-0.3, -0.25) is 14.4 Å². The maximum atomic E-state index is 11.5. The van der Waals surface area contributed by atoms with Crippen LogP contribution in [0.5, 0.6) is 0 Å². The number of carbonyl (C=O) groups is 2. The first kappa shape index (κ1) is 16.0. The molecule has 0 aromatic heterocycles. The predicted molar refractivity (Wildman–Crippen MR) is 64.8 cm³/mol. The van der Waals surface area contributed by atoms with Gasteiger partial charge in [-0.25, -0.2) is 0 Å². The Balaban J connectivity index is 2.37. The highest BCUT2D eigenvalue weighted by Gasteiger charge is 2.38. The maximum absolute atomic E-state index is 11.5. The van der Waals surface area contributed by atoms with Crippen molar-refractivity contribution in [3.63, 3.8) is 0 Å². The second-order valence-corrected chi connectivity index (χ2v) is 5.57. The van der Waals surface area contributed by atoms with Gasteiger partial charge in [0, 0.05) is 6.92 Å². The molecule has 1 unspecified atom stereocenters. The molecule has 1 saturated heterocycles. The Hall–Kier alpha value is -2.06. The normalized spacial score (nSPS) is 18.2. The summed E-state index contributed by atoms with van der Waals surface area (Å²) in [6.07, 6.45) is -1.00. The number of carboxylic acids is 1. The lowest BCUT2D eigenvalue weighted by molar-refractivity contribution is -0.727. The molecule has 0 amide bonds. The van der Waals surface area contributed by atoms with Crippen LogP contribution >= 0.6 is 0 Å². The van der Waals surface area contributed by atoms with Crippen LogP contribution in [-0.4, -0.2) is 46.4 Å². The summed E-state index contributed by atoms with van der Waals surface area (Å²) in [6, 6.07) is 0. The molecule has 1 atom stereocenters. The van der Waals surface area contributed by atoms with E-state index in [4.69, 9.17) is 14.7 Å². The van der Waals surface area contributed by atoms with E-state index in [0.717, 1.165) is 5.01 Å². The van der Waals surface area contributed by atoms with Gasteiger partial charge in [0.15, 0.2) is 0 Å². The molecule has 0 spiro atoms. The number of carbonyl (C=O) groups excluding carboxylic acids is 1. The summed E-state index contributed by atoms with van der Waals surface area (Å²) in [5, 5.41) is 24.4. The third-order valence-corrected chi connectivity index (χ3v) is 2.60. The fourth-order valence-electron chi connectivity index (χ4n) is 1.26. The Morgan fingerprint density at radius 3 is 2.45 bits per heavy atom. The minimum atomic E-state index is -1.00. The highest BCUT2D eigenvalue weighted by atomic mass is 16.8. The molecule has 1 aliphatic rings. The Morgan fingerprint density at radius 1 is 1.45 bits per heavy atom. The van der Waals surface area contributed by atoms with Crippen LogP contribution in [0.25, 0.3) is 0 Å². The summed E-state index contributed by atoms with van der Waals surface area (Å²) < 4.78 is 4.92. The minimum Gasteiger partial charge on any atom is -0.569 e. The standard InChI is InChI=1S/C11H19N3O6/c1-7(19-10(17)11(2,3)4)20-12-14(18)13-5-8(6-13)9(15)16/h7-8H,5-6H2,1-4H3,(H,15,16). The van der Waals surface area contributed by atoms with Gasteiger partial charge in [-0.2, -0.15) is 0 Å². The van der Waals surface area contributed by atoms with Crippen LogP contribution in [0.4, 0.5) is 0 Å². The van der Waals surface area contributed by atoms with Gasteiger partial charge in [-0.1, -0.05) is 0 Å². The van der Waals surface area contributed by atoms with E-state index in [2.05, 4.69) is 5.28 Å². The van der Waals surface area contributed by atoms with E-state index in [1.165, 1.54) is 6.92 Å². The van der Waals surface area contributed by atoms with Crippen molar-refractivity contribution in [2.24, 2.45) is 16.6 Å². The van der Waals surface area contributed by atoms with E-state index < -0.39 is 29.6 Å². The van der Waals surface area contributed by atoms with E-state index in [1.807, 2.05) is 0 Å². The Labute approximate surface area is 116 Å². The van der Waals surface area contributed by atoms with Crippen molar-refractivity contribution >= 4 is 11.9 Å². The SMILES string of the molecule is CC(ON=[N+]([O-])N1CC(C(=O)O)C1)OC(=O)C(C)(C)C. The van der Waals surface area contributed by atoms with Crippen LogP contribution in [0.2, 0.25) is 0 Å². The van der Waals surface area contributed by atoms with Crippen molar-refractivity contribution in [3.05, 3.63) is 5.21 Å².